The fourth-order valence-corrected chi connectivity index (χ4v) is 5.21. The van der Waals surface area contributed by atoms with Gasteiger partial charge in [0.15, 0.2) is 6.54 Å². The molecular formula is C24H32N4OS+2. The molecule has 0 radical (unpaired) electrons. The first-order valence-electron chi connectivity index (χ1n) is 10.9. The number of fused-ring (bicyclic) bond motifs is 1. The first-order valence-corrected chi connectivity index (χ1v) is 11.7. The van der Waals surface area contributed by atoms with Crippen LogP contribution in [-0.4, -0.2) is 54.6 Å². The Morgan fingerprint density at radius 2 is 1.67 bits per heavy atom. The zero-order valence-electron chi connectivity index (χ0n) is 17.9. The summed E-state index contributed by atoms with van der Waals surface area (Å²) in [5.74, 6) is 0.262. The maximum absolute atomic E-state index is 13.0. The molecule has 2 heterocycles. The minimum Gasteiger partial charge on any atom is -0.331 e. The molecule has 0 bridgehead atoms. The number of benzene rings is 2. The molecule has 2 N–H and O–H groups in total. The van der Waals surface area contributed by atoms with Crippen LogP contribution in [0.5, 0.6) is 0 Å². The number of amides is 1. The highest BCUT2D eigenvalue weighted by Crippen LogP contribution is 2.20. The number of thiazole rings is 1. The molecule has 1 fully saturated rings. The van der Waals surface area contributed by atoms with Gasteiger partial charge in [-0.2, -0.15) is 0 Å². The maximum atomic E-state index is 13.0. The third kappa shape index (κ3) is 5.25. The topological polar surface area (TPSA) is 42.1 Å². The minimum absolute atomic E-state index is 0.211. The first-order chi connectivity index (χ1) is 14.6. The molecule has 0 atom stereocenters. The number of aromatic nitrogens is 1. The maximum Gasteiger partial charge on any atom is 0.278 e. The lowest BCUT2D eigenvalue weighted by molar-refractivity contribution is -1.02. The molecular weight excluding hydrogens is 392 g/mol. The van der Waals surface area contributed by atoms with Crippen LogP contribution in [0.4, 0.5) is 0 Å². The van der Waals surface area contributed by atoms with Crippen LogP contribution in [0.2, 0.25) is 0 Å². The Morgan fingerprint density at radius 3 is 2.37 bits per heavy atom. The van der Waals surface area contributed by atoms with E-state index in [4.69, 9.17) is 4.98 Å². The Labute approximate surface area is 182 Å². The van der Waals surface area contributed by atoms with Crippen LogP contribution in [0.3, 0.4) is 0 Å². The molecule has 2 aromatic carbocycles. The Bertz CT molecular complexity index is 931. The molecule has 6 heteroatoms. The summed E-state index contributed by atoms with van der Waals surface area (Å²) in [5, 5.41) is 1.22. The van der Waals surface area contributed by atoms with Crippen molar-refractivity contribution in [2.45, 2.75) is 33.0 Å². The van der Waals surface area contributed by atoms with Crippen molar-refractivity contribution >= 4 is 27.5 Å². The highest BCUT2D eigenvalue weighted by molar-refractivity contribution is 7.18. The Hall–Kier alpha value is -2.28. The van der Waals surface area contributed by atoms with Gasteiger partial charge >= 0.3 is 0 Å². The van der Waals surface area contributed by atoms with Gasteiger partial charge in [0.05, 0.1) is 10.2 Å². The van der Waals surface area contributed by atoms with Gasteiger partial charge < -0.3 is 14.7 Å². The van der Waals surface area contributed by atoms with Crippen molar-refractivity contribution in [3.63, 3.8) is 0 Å². The van der Waals surface area contributed by atoms with Crippen LogP contribution < -0.4 is 9.80 Å². The van der Waals surface area contributed by atoms with Crippen LogP contribution in [0.15, 0.2) is 54.6 Å². The molecule has 5 nitrogen and oxygen atoms in total. The lowest BCUT2D eigenvalue weighted by atomic mass is 10.2. The van der Waals surface area contributed by atoms with E-state index in [1.165, 1.54) is 20.2 Å². The standard InChI is InChI=1S/C24H30N4OS/c1-19(2)28(16-20-8-4-3-5-9-20)24(29)18-27-14-12-26(13-15-27)17-23-25-21-10-6-7-11-22(21)30-23/h3-11,19H,12-18H2,1-2H3/p+2. The lowest BCUT2D eigenvalue weighted by Gasteiger charge is -2.32. The molecule has 1 aliphatic heterocycles. The number of para-hydroxylation sites is 1. The van der Waals surface area contributed by atoms with Crippen molar-refractivity contribution in [3.8, 4) is 0 Å². The van der Waals surface area contributed by atoms with Crippen LogP contribution in [-0.2, 0) is 17.9 Å². The van der Waals surface area contributed by atoms with E-state index in [0.29, 0.717) is 13.1 Å². The number of nitrogens with zero attached hydrogens (tertiary/aromatic N) is 2. The van der Waals surface area contributed by atoms with Gasteiger partial charge in [0.1, 0.15) is 37.7 Å². The molecule has 0 aliphatic carbocycles. The van der Waals surface area contributed by atoms with Gasteiger partial charge in [0.25, 0.3) is 5.91 Å². The van der Waals surface area contributed by atoms with E-state index >= 15 is 0 Å². The van der Waals surface area contributed by atoms with E-state index in [2.05, 4.69) is 50.2 Å². The molecule has 4 rings (SSSR count). The average molecular weight is 425 g/mol. The summed E-state index contributed by atoms with van der Waals surface area (Å²) in [6, 6.07) is 18.9. The van der Waals surface area contributed by atoms with Gasteiger partial charge in [0, 0.05) is 12.6 Å². The van der Waals surface area contributed by atoms with Crippen LogP contribution in [0.1, 0.15) is 24.4 Å². The van der Waals surface area contributed by atoms with E-state index in [1.807, 2.05) is 34.4 Å². The third-order valence-electron chi connectivity index (χ3n) is 5.94. The van der Waals surface area contributed by atoms with Crippen LogP contribution in [0.25, 0.3) is 10.2 Å². The monoisotopic (exact) mass is 424 g/mol. The molecule has 1 saturated heterocycles. The van der Waals surface area contributed by atoms with Crippen molar-refractivity contribution in [2.75, 3.05) is 32.7 Å². The largest absolute Gasteiger partial charge is 0.331 e. The number of carbonyl (C=O) groups excluding carboxylic acids is 1. The van der Waals surface area contributed by atoms with E-state index in [-0.39, 0.29) is 11.9 Å². The van der Waals surface area contributed by atoms with Crippen molar-refractivity contribution in [3.05, 3.63) is 65.2 Å². The average Bonchev–Trinajstić information content (AvgIpc) is 3.16. The van der Waals surface area contributed by atoms with E-state index in [1.54, 1.807) is 4.90 Å². The Morgan fingerprint density at radius 1 is 1.00 bits per heavy atom. The molecule has 3 aromatic rings. The number of nitrogens with one attached hydrogen (secondary N) is 2. The summed E-state index contributed by atoms with van der Waals surface area (Å²) in [6.45, 7) is 10.8. The quantitative estimate of drug-likeness (QED) is 0.595. The summed E-state index contributed by atoms with van der Waals surface area (Å²) >= 11 is 1.81. The second-order valence-corrected chi connectivity index (χ2v) is 9.65. The van der Waals surface area contributed by atoms with Crippen molar-refractivity contribution in [2.24, 2.45) is 0 Å². The molecule has 0 spiro atoms. The van der Waals surface area contributed by atoms with Crippen molar-refractivity contribution in [1.29, 1.82) is 0 Å². The Balaban J connectivity index is 1.28. The second-order valence-electron chi connectivity index (χ2n) is 8.53. The van der Waals surface area contributed by atoms with Gasteiger partial charge in [0.2, 0.25) is 0 Å². The van der Waals surface area contributed by atoms with Crippen molar-refractivity contribution < 1.29 is 14.6 Å². The Kier molecular flexibility index (Phi) is 6.77. The number of hydrogen-bond acceptors (Lipinski definition) is 3. The zero-order chi connectivity index (χ0) is 20.9. The highest BCUT2D eigenvalue weighted by atomic mass is 32.1. The molecule has 1 amide bonds. The predicted octanol–water partition coefficient (Wildman–Crippen LogP) is 1.02. The predicted molar refractivity (Wildman–Crippen MR) is 122 cm³/mol. The van der Waals surface area contributed by atoms with Gasteiger partial charge in [-0.15, -0.1) is 11.3 Å². The van der Waals surface area contributed by atoms with Gasteiger partial charge in [-0.25, -0.2) is 4.98 Å². The molecule has 158 valence electrons. The number of rotatable bonds is 7. The number of piperazine rings is 1. The van der Waals surface area contributed by atoms with Crippen molar-refractivity contribution in [1.82, 2.24) is 9.88 Å². The zero-order valence-corrected chi connectivity index (χ0v) is 18.8. The van der Waals surface area contributed by atoms with Crippen LogP contribution in [0, 0.1) is 0 Å². The fraction of sp³-hybridized carbons (Fsp3) is 0.417. The van der Waals surface area contributed by atoms with E-state index < -0.39 is 0 Å². The molecule has 30 heavy (non-hydrogen) atoms. The highest BCUT2D eigenvalue weighted by Gasteiger charge is 2.28. The summed E-state index contributed by atoms with van der Waals surface area (Å²) in [6.07, 6.45) is 0. The lowest BCUT2D eigenvalue weighted by Crippen LogP contribution is -3.28. The molecule has 1 aromatic heterocycles. The number of quaternary nitrogens is 2. The molecule has 1 aliphatic rings. The second kappa shape index (κ2) is 9.69. The normalized spacial score (nSPS) is 19.3. The van der Waals surface area contributed by atoms with E-state index in [0.717, 1.165) is 38.2 Å². The van der Waals surface area contributed by atoms with Gasteiger partial charge in [-0.05, 0) is 31.5 Å². The van der Waals surface area contributed by atoms with Gasteiger partial charge in [-0.3, -0.25) is 4.79 Å². The summed E-state index contributed by atoms with van der Waals surface area (Å²) in [5.41, 5.74) is 2.30. The number of carbonyl (C=O) groups is 1. The smallest absolute Gasteiger partial charge is 0.278 e. The SMILES string of the molecule is CC(C)N(Cc1ccccc1)C(=O)C[NH+]1CC[NH+](Cc2nc3ccccc3s2)CC1. The minimum atomic E-state index is 0.211. The summed E-state index contributed by atoms with van der Waals surface area (Å²) in [4.78, 5) is 22.8. The van der Waals surface area contributed by atoms with Gasteiger partial charge in [-0.1, -0.05) is 42.5 Å². The molecule has 0 unspecified atom stereocenters. The summed E-state index contributed by atoms with van der Waals surface area (Å²) in [7, 11) is 0. The number of hydrogen-bond donors (Lipinski definition) is 2. The summed E-state index contributed by atoms with van der Waals surface area (Å²) < 4.78 is 1.27. The van der Waals surface area contributed by atoms with Crippen LogP contribution >= 0.6 is 11.3 Å². The fourth-order valence-electron chi connectivity index (χ4n) is 4.17. The molecule has 0 saturated carbocycles. The van der Waals surface area contributed by atoms with E-state index in [9.17, 15) is 4.79 Å². The first kappa shape index (κ1) is 21.0. The third-order valence-corrected chi connectivity index (χ3v) is 6.98.